The summed E-state index contributed by atoms with van der Waals surface area (Å²) in [5.41, 5.74) is -0.306. The molecule has 2 amide bonds. The molecule has 0 unspecified atom stereocenters. The van der Waals surface area contributed by atoms with E-state index in [0.29, 0.717) is 30.4 Å². The number of halogens is 4. The van der Waals surface area contributed by atoms with Gasteiger partial charge in [0.1, 0.15) is 23.7 Å². The van der Waals surface area contributed by atoms with Crippen LogP contribution in [-0.2, 0) is 28.7 Å². The van der Waals surface area contributed by atoms with Crippen molar-refractivity contribution in [2.24, 2.45) is 0 Å². The molecule has 4 aromatic rings. The Morgan fingerprint density at radius 1 is 1.14 bits per heavy atom. The minimum absolute atomic E-state index is 0.0523. The second-order valence-electron chi connectivity index (χ2n) is 11.8. The largest absolute Gasteiger partial charge is 0.505 e. The third-order valence-electron chi connectivity index (χ3n) is 8.73. The van der Waals surface area contributed by atoms with Crippen molar-refractivity contribution in [3.8, 4) is 5.75 Å². The van der Waals surface area contributed by atoms with Crippen molar-refractivity contribution in [1.82, 2.24) is 34.0 Å². The predicted molar refractivity (Wildman–Crippen MR) is 176 cm³/mol. The third-order valence-corrected chi connectivity index (χ3v) is 9.02. The number of rotatable bonds is 8. The number of allylic oxidation sites excluding steroid dienone is 1. The average molecular weight is 716 g/mol. The van der Waals surface area contributed by atoms with Crippen molar-refractivity contribution >= 4 is 46.1 Å². The molecule has 0 bridgehead atoms. The molecule has 1 atom stereocenters. The third kappa shape index (κ3) is 6.87. The molecule has 50 heavy (non-hydrogen) atoms. The molecule has 5 heterocycles. The number of alkyl halides is 3. The number of pyridine rings is 2. The van der Waals surface area contributed by atoms with E-state index in [2.05, 4.69) is 20.4 Å². The summed E-state index contributed by atoms with van der Waals surface area (Å²) in [6.45, 7) is 2.35. The van der Waals surface area contributed by atoms with E-state index in [9.17, 15) is 32.7 Å². The number of fused-ring (bicyclic) bond motifs is 1. The van der Waals surface area contributed by atoms with Gasteiger partial charge in [0, 0.05) is 39.5 Å². The number of hydrogen-bond donors (Lipinski definition) is 2. The SMILES string of the molecule is CCc1c(N2CCN(C(=O)c3ncccc3O)CC2)c(=O)n2nc(C3=CC[C@H](OC)CC3)nc2n1CC(=O)Nc1ccc(C(F)(F)F)nc1Cl. The van der Waals surface area contributed by atoms with Crippen molar-refractivity contribution < 1.29 is 32.6 Å². The number of aromatic nitrogens is 6. The summed E-state index contributed by atoms with van der Waals surface area (Å²) in [5, 5.41) is 16.7. The van der Waals surface area contributed by atoms with E-state index in [0.717, 1.165) is 22.6 Å². The maximum Gasteiger partial charge on any atom is 0.433 e. The maximum absolute atomic E-state index is 14.2. The average Bonchev–Trinajstić information content (AvgIpc) is 3.56. The summed E-state index contributed by atoms with van der Waals surface area (Å²) in [7, 11) is 1.64. The highest BCUT2D eigenvalue weighted by Gasteiger charge is 2.34. The van der Waals surface area contributed by atoms with Gasteiger partial charge in [0.05, 0.1) is 17.5 Å². The van der Waals surface area contributed by atoms with Gasteiger partial charge in [-0.2, -0.15) is 22.7 Å². The molecule has 14 nitrogen and oxygen atoms in total. The number of nitrogens with zero attached hydrogens (tertiary/aromatic N) is 8. The topological polar surface area (TPSA) is 160 Å². The minimum Gasteiger partial charge on any atom is -0.505 e. The van der Waals surface area contributed by atoms with Crippen LogP contribution in [-0.4, -0.2) is 90.3 Å². The number of hydrogen-bond acceptors (Lipinski definition) is 10. The summed E-state index contributed by atoms with van der Waals surface area (Å²) < 4.78 is 47.6. The molecule has 0 saturated carbocycles. The first-order valence-electron chi connectivity index (χ1n) is 15.9. The number of carbonyl (C=O) groups is 2. The van der Waals surface area contributed by atoms with E-state index in [1.807, 2.05) is 17.9 Å². The number of nitrogens with one attached hydrogen (secondary N) is 1. The van der Waals surface area contributed by atoms with Crippen molar-refractivity contribution in [1.29, 1.82) is 0 Å². The first kappa shape index (κ1) is 34.8. The van der Waals surface area contributed by atoms with Gasteiger partial charge in [0.25, 0.3) is 11.5 Å². The lowest BCUT2D eigenvalue weighted by atomic mass is 9.97. The Hall–Kier alpha value is -5.03. The van der Waals surface area contributed by atoms with Gasteiger partial charge in [-0.05, 0) is 55.5 Å². The van der Waals surface area contributed by atoms with Crippen LogP contribution in [0, 0.1) is 0 Å². The zero-order valence-electron chi connectivity index (χ0n) is 27.1. The van der Waals surface area contributed by atoms with Crippen LogP contribution in [0.1, 0.15) is 53.9 Å². The maximum atomic E-state index is 14.2. The van der Waals surface area contributed by atoms with Gasteiger partial charge in [-0.3, -0.25) is 14.4 Å². The van der Waals surface area contributed by atoms with Crippen LogP contribution in [0.5, 0.6) is 5.75 Å². The van der Waals surface area contributed by atoms with Crippen LogP contribution in [0.2, 0.25) is 5.15 Å². The highest BCUT2D eigenvalue weighted by molar-refractivity contribution is 6.32. The summed E-state index contributed by atoms with van der Waals surface area (Å²) in [5.74, 6) is -0.912. The number of piperazine rings is 1. The van der Waals surface area contributed by atoms with Crippen LogP contribution in [0.15, 0.2) is 41.3 Å². The summed E-state index contributed by atoms with van der Waals surface area (Å²) >= 11 is 6.01. The van der Waals surface area contributed by atoms with Crippen molar-refractivity contribution in [2.45, 2.75) is 51.4 Å². The number of methoxy groups -OCH3 is 1. The molecule has 1 aliphatic carbocycles. The molecule has 0 aromatic carbocycles. The molecule has 2 N–H and O–H groups in total. The van der Waals surface area contributed by atoms with Crippen LogP contribution in [0.3, 0.4) is 0 Å². The lowest BCUT2D eigenvalue weighted by Gasteiger charge is -2.36. The van der Waals surface area contributed by atoms with Crippen LogP contribution < -0.4 is 15.8 Å². The monoisotopic (exact) mass is 715 g/mol. The number of amides is 2. The highest BCUT2D eigenvalue weighted by Crippen LogP contribution is 2.32. The molecule has 4 aromatic heterocycles. The second kappa shape index (κ2) is 14.1. The Bertz CT molecular complexity index is 2040. The zero-order chi connectivity index (χ0) is 35.7. The molecule has 0 radical (unpaired) electrons. The fourth-order valence-electron chi connectivity index (χ4n) is 6.16. The van der Waals surface area contributed by atoms with E-state index in [1.165, 1.54) is 23.2 Å². The predicted octanol–water partition coefficient (Wildman–Crippen LogP) is 3.80. The Labute approximate surface area is 288 Å². The molecule has 264 valence electrons. The number of anilines is 2. The fraction of sp³-hybridized carbons (Fsp3) is 0.406. The Morgan fingerprint density at radius 2 is 1.90 bits per heavy atom. The van der Waals surface area contributed by atoms with Gasteiger partial charge in [-0.25, -0.2) is 9.97 Å². The quantitative estimate of drug-likeness (QED) is 0.257. The standard InChI is InChI=1S/C32H33ClF3N9O5/c1-3-21-26(42-13-15-43(16-14-42)29(48)25-22(46)5-4-12-37-25)30(49)45-31(40-28(41-45)18-6-8-19(50-2)9-7-18)44(21)17-24(47)38-20-10-11-23(32(34,35)36)39-27(20)33/h4-6,10-12,19,46H,3,7-9,13-17H2,1-2H3,(H,38,47)/t19-/m0/s1. The molecule has 6 rings (SSSR count). The van der Waals surface area contributed by atoms with Gasteiger partial charge >= 0.3 is 6.18 Å². The lowest BCUT2D eigenvalue weighted by molar-refractivity contribution is -0.141. The van der Waals surface area contributed by atoms with Gasteiger partial charge in [0.2, 0.25) is 11.7 Å². The Morgan fingerprint density at radius 3 is 2.52 bits per heavy atom. The number of carbonyl (C=O) groups excluding carboxylic acids is 2. The Kier molecular flexibility index (Phi) is 9.80. The smallest absolute Gasteiger partial charge is 0.433 e. The summed E-state index contributed by atoms with van der Waals surface area (Å²) in [6, 6.07) is 4.63. The summed E-state index contributed by atoms with van der Waals surface area (Å²) in [6.07, 6.45) is 0.984. The number of ether oxygens (including phenoxy) is 1. The normalized spacial score (nSPS) is 16.8. The minimum atomic E-state index is -4.72. The zero-order valence-corrected chi connectivity index (χ0v) is 27.8. The van der Waals surface area contributed by atoms with E-state index in [-0.39, 0.29) is 67.3 Å². The molecular formula is C32H33ClF3N9O5. The molecule has 1 aliphatic heterocycles. The molecule has 1 fully saturated rings. The molecule has 1 saturated heterocycles. The van der Waals surface area contributed by atoms with Crippen LogP contribution >= 0.6 is 11.6 Å². The van der Waals surface area contributed by atoms with Gasteiger partial charge in [-0.15, -0.1) is 5.10 Å². The first-order chi connectivity index (χ1) is 23.9. The van der Waals surface area contributed by atoms with E-state index in [1.54, 1.807) is 11.7 Å². The van der Waals surface area contributed by atoms with Crippen molar-refractivity contribution in [3.63, 3.8) is 0 Å². The molecule has 18 heteroatoms. The van der Waals surface area contributed by atoms with Gasteiger partial charge in [-0.1, -0.05) is 24.6 Å². The van der Waals surface area contributed by atoms with Gasteiger partial charge in [0.15, 0.2) is 16.7 Å². The Balaban J connectivity index is 1.35. The van der Waals surface area contributed by atoms with Crippen molar-refractivity contribution in [3.05, 3.63) is 75.0 Å². The van der Waals surface area contributed by atoms with Gasteiger partial charge < -0.3 is 29.5 Å². The number of aromatic hydroxyl groups is 1. The summed E-state index contributed by atoms with van der Waals surface area (Å²) in [4.78, 5) is 56.2. The highest BCUT2D eigenvalue weighted by atomic mass is 35.5. The lowest BCUT2D eigenvalue weighted by Crippen LogP contribution is -2.51. The fourth-order valence-corrected chi connectivity index (χ4v) is 6.36. The van der Waals surface area contributed by atoms with E-state index >= 15 is 0 Å². The van der Waals surface area contributed by atoms with Crippen LogP contribution in [0.25, 0.3) is 11.4 Å². The first-order valence-corrected chi connectivity index (χ1v) is 16.2. The molecule has 0 spiro atoms. The molecular weight excluding hydrogens is 683 g/mol. The van der Waals surface area contributed by atoms with Crippen LogP contribution in [0.4, 0.5) is 24.5 Å². The van der Waals surface area contributed by atoms with E-state index < -0.39 is 40.9 Å². The van der Waals surface area contributed by atoms with Crippen molar-refractivity contribution in [2.75, 3.05) is 43.5 Å². The molecule has 2 aliphatic rings. The second-order valence-corrected chi connectivity index (χ2v) is 12.1. The van der Waals surface area contributed by atoms with E-state index in [4.69, 9.17) is 21.3 Å².